The fourth-order valence-corrected chi connectivity index (χ4v) is 2.51. The molecule has 1 aromatic heterocycles. The van der Waals surface area contributed by atoms with E-state index in [1.165, 1.54) is 0 Å². The van der Waals surface area contributed by atoms with Gasteiger partial charge < -0.3 is 10.7 Å². The number of nitrogens with one attached hydrogen (secondary N) is 1. The van der Waals surface area contributed by atoms with E-state index in [2.05, 4.69) is 4.98 Å². The Kier molecular flexibility index (Phi) is 3.50. The molecule has 0 fully saturated rings. The first-order chi connectivity index (χ1) is 10.5. The number of aromatic amines is 1. The second kappa shape index (κ2) is 5.35. The van der Waals surface area contributed by atoms with E-state index in [0.29, 0.717) is 21.7 Å². The second-order valence-electron chi connectivity index (χ2n) is 5.19. The summed E-state index contributed by atoms with van der Waals surface area (Å²) in [5, 5.41) is 0.601. The topological polar surface area (TPSA) is 80.9 Å². The van der Waals surface area contributed by atoms with Crippen LogP contribution in [0.5, 0.6) is 0 Å². The Morgan fingerprint density at radius 2 is 1.95 bits per heavy atom. The first kappa shape index (κ1) is 14.4. The largest absolute Gasteiger partial charge is 0.398 e. The van der Waals surface area contributed by atoms with E-state index in [1.54, 1.807) is 36.4 Å². The Morgan fingerprint density at radius 3 is 2.64 bits per heavy atom. The maximum absolute atomic E-state index is 12.5. The monoisotopic (exact) mass is 315 g/mol. The highest BCUT2D eigenvalue weighted by atomic mass is 35.5. The van der Waals surface area contributed by atoms with Crippen LogP contribution in [0.1, 0.15) is 15.9 Å². The summed E-state index contributed by atoms with van der Waals surface area (Å²) in [5.74, 6) is -0.318. The van der Waals surface area contributed by atoms with E-state index < -0.39 is 5.69 Å². The van der Waals surface area contributed by atoms with Gasteiger partial charge in [-0.1, -0.05) is 23.7 Å². The number of benzene rings is 2. The van der Waals surface area contributed by atoms with Crippen LogP contribution >= 0.6 is 11.6 Å². The number of halogens is 1. The summed E-state index contributed by atoms with van der Waals surface area (Å²) in [6.07, 6.45) is 0.109. The molecule has 3 rings (SSSR count). The molecule has 1 heterocycles. The van der Waals surface area contributed by atoms with E-state index in [0.717, 1.165) is 15.7 Å². The average molecular weight is 316 g/mol. The number of nitrogen functional groups attached to an aromatic ring is 1. The van der Waals surface area contributed by atoms with Gasteiger partial charge in [0.15, 0.2) is 0 Å². The summed E-state index contributed by atoms with van der Waals surface area (Å²) in [6, 6.07) is 10.4. The number of hydrogen-bond acceptors (Lipinski definition) is 3. The molecular weight excluding hydrogens is 302 g/mol. The van der Waals surface area contributed by atoms with Crippen molar-refractivity contribution >= 4 is 34.2 Å². The van der Waals surface area contributed by atoms with E-state index in [1.807, 2.05) is 6.92 Å². The summed E-state index contributed by atoms with van der Waals surface area (Å²) in [6.45, 7) is 1.85. The fraction of sp³-hybridized carbons (Fsp3) is 0.125. The maximum Gasteiger partial charge on any atom is 0.333 e. The van der Waals surface area contributed by atoms with Crippen molar-refractivity contribution in [2.75, 3.05) is 5.73 Å². The van der Waals surface area contributed by atoms with Crippen molar-refractivity contribution < 1.29 is 4.79 Å². The van der Waals surface area contributed by atoms with Crippen LogP contribution in [0.25, 0.3) is 11.0 Å². The normalized spacial score (nSPS) is 11.0. The number of fused-ring (bicyclic) bond motifs is 1. The molecule has 0 bridgehead atoms. The van der Waals surface area contributed by atoms with Gasteiger partial charge in [-0.25, -0.2) is 9.36 Å². The molecule has 0 amide bonds. The second-order valence-corrected chi connectivity index (χ2v) is 5.62. The molecule has 0 radical (unpaired) electrons. The molecule has 3 N–H and O–H groups in total. The quantitative estimate of drug-likeness (QED) is 0.713. The molecule has 5 nitrogen and oxygen atoms in total. The molecule has 0 saturated heterocycles. The Balaban J connectivity index is 2.03. The van der Waals surface area contributed by atoms with E-state index in [9.17, 15) is 9.59 Å². The zero-order valence-corrected chi connectivity index (χ0v) is 12.6. The number of anilines is 1. The van der Waals surface area contributed by atoms with Crippen LogP contribution in [0.2, 0.25) is 5.02 Å². The molecule has 0 aliphatic rings. The first-order valence-electron chi connectivity index (χ1n) is 6.74. The Labute approximate surface area is 131 Å². The van der Waals surface area contributed by atoms with Gasteiger partial charge in [0.2, 0.25) is 5.91 Å². The Morgan fingerprint density at radius 1 is 1.27 bits per heavy atom. The minimum absolute atomic E-state index is 0.109. The minimum atomic E-state index is -0.459. The summed E-state index contributed by atoms with van der Waals surface area (Å²) in [4.78, 5) is 27.2. The lowest BCUT2D eigenvalue weighted by atomic mass is 10.1. The van der Waals surface area contributed by atoms with Gasteiger partial charge in [-0.3, -0.25) is 4.79 Å². The van der Waals surface area contributed by atoms with Gasteiger partial charge in [0.1, 0.15) is 0 Å². The molecule has 6 heteroatoms. The molecule has 0 saturated carbocycles. The van der Waals surface area contributed by atoms with E-state index >= 15 is 0 Å². The summed E-state index contributed by atoms with van der Waals surface area (Å²) < 4.78 is 1.12. The smallest absolute Gasteiger partial charge is 0.333 e. The lowest BCUT2D eigenvalue weighted by molar-refractivity contribution is 0.0915. The van der Waals surface area contributed by atoms with Crippen LogP contribution in [-0.2, 0) is 6.42 Å². The number of nitrogens with zero attached hydrogens (tertiary/aromatic N) is 1. The van der Waals surface area contributed by atoms with Gasteiger partial charge in [-0.05, 0) is 42.3 Å². The van der Waals surface area contributed by atoms with Crippen molar-refractivity contribution in [1.82, 2.24) is 9.55 Å². The highest BCUT2D eigenvalue weighted by Gasteiger charge is 2.15. The number of imidazole rings is 1. The number of H-pyrrole nitrogens is 1. The molecule has 0 unspecified atom stereocenters. The molecule has 0 spiro atoms. The van der Waals surface area contributed by atoms with Crippen LogP contribution in [-0.4, -0.2) is 15.5 Å². The van der Waals surface area contributed by atoms with Crippen molar-refractivity contribution in [3.63, 3.8) is 0 Å². The zero-order valence-electron chi connectivity index (χ0n) is 11.9. The predicted molar refractivity (Wildman–Crippen MR) is 87.5 cm³/mol. The third-order valence-corrected chi connectivity index (χ3v) is 3.84. The molecule has 2 aromatic carbocycles. The number of carbonyl (C=O) groups is 1. The van der Waals surface area contributed by atoms with Crippen molar-refractivity contribution in [3.8, 4) is 0 Å². The third kappa shape index (κ3) is 2.51. The van der Waals surface area contributed by atoms with Gasteiger partial charge in [-0.2, -0.15) is 0 Å². The summed E-state index contributed by atoms with van der Waals surface area (Å²) in [5.41, 5.74) is 8.69. The number of hydrogen-bond donors (Lipinski definition) is 2. The standard InChI is InChI=1S/C16H14ClN3O2/c1-9-6-13-14(8-12(9)18)20(16(22)19-13)15(21)7-10-2-4-11(17)5-3-10/h2-6,8H,7,18H2,1H3,(H,19,22). The Bertz CT molecular complexity index is 923. The van der Waals surface area contributed by atoms with Crippen molar-refractivity contribution in [2.24, 2.45) is 0 Å². The summed E-state index contributed by atoms with van der Waals surface area (Å²) in [7, 11) is 0. The SMILES string of the molecule is Cc1cc2[nH]c(=O)n(C(=O)Cc3ccc(Cl)cc3)c2cc1N. The number of aromatic nitrogens is 2. The van der Waals surface area contributed by atoms with Crippen LogP contribution in [0.4, 0.5) is 5.69 Å². The van der Waals surface area contributed by atoms with Crippen LogP contribution in [0, 0.1) is 6.92 Å². The molecule has 22 heavy (non-hydrogen) atoms. The zero-order chi connectivity index (χ0) is 15.9. The summed E-state index contributed by atoms with van der Waals surface area (Å²) >= 11 is 5.82. The number of carbonyl (C=O) groups excluding carboxylic acids is 1. The molecule has 112 valence electrons. The van der Waals surface area contributed by atoms with Crippen LogP contribution in [0.15, 0.2) is 41.2 Å². The Hall–Kier alpha value is -2.53. The van der Waals surface area contributed by atoms with Crippen LogP contribution in [0.3, 0.4) is 0 Å². The third-order valence-electron chi connectivity index (χ3n) is 3.59. The fourth-order valence-electron chi connectivity index (χ4n) is 2.38. The van der Waals surface area contributed by atoms with Gasteiger partial charge in [-0.15, -0.1) is 0 Å². The van der Waals surface area contributed by atoms with Crippen molar-refractivity contribution in [2.45, 2.75) is 13.3 Å². The van der Waals surface area contributed by atoms with Gasteiger partial charge >= 0.3 is 5.69 Å². The number of nitrogens with two attached hydrogens (primary N) is 1. The molecule has 0 aliphatic carbocycles. The van der Waals surface area contributed by atoms with Crippen molar-refractivity contribution in [3.05, 3.63) is 63.0 Å². The van der Waals surface area contributed by atoms with E-state index in [-0.39, 0.29) is 12.3 Å². The molecule has 0 atom stereocenters. The van der Waals surface area contributed by atoms with Gasteiger partial charge in [0.05, 0.1) is 17.5 Å². The molecule has 0 aliphatic heterocycles. The first-order valence-corrected chi connectivity index (χ1v) is 7.12. The maximum atomic E-state index is 12.5. The highest BCUT2D eigenvalue weighted by Crippen LogP contribution is 2.19. The average Bonchev–Trinajstić information content (AvgIpc) is 2.77. The van der Waals surface area contributed by atoms with Gasteiger partial charge in [0, 0.05) is 10.7 Å². The molecule has 3 aromatic rings. The number of rotatable bonds is 2. The molecular formula is C16H14ClN3O2. The highest BCUT2D eigenvalue weighted by molar-refractivity contribution is 6.30. The van der Waals surface area contributed by atoms with E-state index in [4.69, 9.17) is 17.3 Å². The predicted octanol–water partition coefficient (Wildman–Crippen LogP) is 2.76. The minimum Gasteiger partial charge on any atom is -0.398 e. The van der Waals surface area contributed by atoms with Crippen LogP contribution < -0.4 is 11.4 Å². The number of aryl methyl sites for hydroxylation is 1. The van der Waals surface area contributed by atoms with Gasteiger partial charge in [0.25, 0.3) is 0 Å². The lowest BCUT2D eigenvalue weighted by Gasteiger charge is -2.05. The lowest BCUT2D eigenvalue weighted by Crippen LogP contribution is -2.25. The van der Waals surface area contributed by atoms with Crippen molar-refractivity contribution in [1.29, 1.82) is 0 Å².